The number of hydrogen-bond acceptors (Lipinski definition) is 6. The first kappa shape index (κ1) is 13.4. The van der Waals surface area contributed by atoms with Gasteiger partial charge in [0.05, 0.1) is 6.54 Å². The predicted octanol–water partition coefficient (Wildman–Crippen LogP) is 1.54. The van der Waals surface area contributed by atoms with Crippen LogP contribution in [-0.4, -0.2) is 34.2 Å². The lowest BCUT2D eigenvalue weighted by Crippen LogP contribution is -2.30. The molecule has 2 heterocycles. The van der Waals surface area contributed by atoms with Crippen LogP contribution >= 0.6 is 11.3 Å². The van der Waals surface area contributed by atoms with E-state index >= 15 is 0 Å². The maximum absolute atomic E-state index is 11.4. The van der Waals surface area contributed by atoms with E-state index < -0.39 is 0 Å². The van der Waals surface area contributed by atoms with Crippen LogP contribution in [0.4, 0.5) is 5.13 Å². The van der Waals surface area contributed by atoms with Gasteiger partial charge in [-0.3, -0.25) is 9.78 Å². The van der Waals surface area contributed by atoms with E-state index in [2.05, 4.69) is 25.8 Å². The van der Waals surface area contributed by atoms with E-state index in [1.165, 1.54) is 11.3 Å². The van der Waals surface area contributed by atoms with Crippen LogP contribution in [0.25, 0.3) is 10.7 Å². The smallest absolute Gasteiger partial charge is 0.239 e. The van der Waals surface area contributed by atoms with Crippen molar-refractivity contribution in [2.75, 3.05) is 18.4 Å². The summed E-state index contributed by atoms with van der Waals surface area (Å²) in [6.07, 6.45) is 2.64. The van der Waals surface area contributed by atoms with Crippen molar-refractivity contribution in [2.45, 2.75) is 13.3 Å². The molecular weight excluding hydrogens is 262 g/mol. The Kier molecular flexibility index (Phi) is 4.79. The topological polar surface area (TPSA) is 79.8 Å². The van der Waals surface area contributed by atoms with Gasteiger partial charge in [-0.2, -0.15) is 0 Å². The summed E-state index contributed by atoms with van der Waals surface area (Å²) in [5.74, 6) is -0.0450. The summed E-state index contributed by atoms with van der Waals surface area (Å²) < 4.78 is 0. The Bertz CT molecular complexity index is 528. The van der Waals surface area contributed by atoms with Gasteiger partial charge in [-0.05, 0) is 18.6 Å². The van der Waals surface area contributed by atoms with Crippen molar-refractivity contribution in [2.24, 2.45) is 0 Å². The number of rotatable bonds is 6. The van der Waals surface area contributed by atoms with Gasteiger partial charge in [-0.15, -0.1) is 10.2 Å². The molecule has 0 saturated carbocycles. The number of nitrogens with zero attached hydrogens (tertiary/aromatic N) is 3. The molecule has 0 atom stereocenters. The first-order valence-electron chi connectivity index (χ1n) is 6.05. The zero-order valence-electron chi connectivity index (χ0n) is 10.6. The van der Waals surface area contributed by atoms with Gasteiger partial charge in [0.15, 0.2) is 5.01 Å². The average Bonchev–Trinajstić information content (AvgIpc) is 2.93. The number of aromatic nitrogens is 3. The first-order chi connectivity index (χ1) is 9.29. The molecule has 0 aliphatic carbocycles. The van der Waals surface area contributed by atoms with Crippen LogP contribution < -0.4 is 10.6 Å². The monoisotopic (exact) mass is 277 g/mol. The Morgan fingerprint density at radius 3 is 3.00 bits per heavy atom. The molecule has 0 aromatic carbocycles. The van der Waals surface area contributed by atoms with E-state index in [0.717, 1.165) is 17.1 Å². The van der Waals surface area contributed by atoms with Crippen molar-refractivity contribution in [3.63, 3.8) is 0 Å². The van der Waals surface area contributed by atoms with E-state index in [1.54, 1.807) is 6.20 Å². The van der Waals surface area contributed by atoms with Crippen LogP contribution in [-0.2, 0) is 4.79 Å². The standard InChI is InChI=1S/C12H15N5OS/c1-2-6-14-10(18)8-15-12-17-16-11(19-12)9-5-3-4-7-13-9/h3-5,7H,2,6,8H2,1H3,(H,14,18)(H,15,17). The van der Waals surface area contributed by atoms with Crippen molar-refractivity contribution >= 4 is 22.4 Å². The Labute approximate surface area is 115 Å². The highest BCUT2D eigenvalue weighted by Gasteiger charge is 2.08. The van der Waals surface area contributed by atoms with E-state index in [-0.39, 0.29) is 12.5 Å². The molecular formula is C12H15N5OS. The first-order valence-corrected chi connectivity index (χ1v) is 6.86. The molecule has 0 bridgehead atoms. The van der Waals surface area contributed by atoms with E-state index in [0.29, 0.717) is 11.7 Å². The minimum absolute atomic E-state index is 0.0450. The van der Waals surface area contributed by atoms with Crippen molar-refractivity contribution in [1.82, 2.24) is 20.5 Å². The highest BCUT2D eigenvalue weighted by atomic mass is 32.1. The van der Waals surface area contributed by atoms with Gasteiger partial charge in [0.25, 0.3) is 0 Å². The summed E-state index contributed by atoms with van der Waals surface area (Å²) in [6, 6.07) is 5.62. The molecule has 0 saturated heterocycles. The van der Waals surface area contributed by atoms with Crippen molar-refractivity contribution in [1.29, 1.82) is 0 Å². The molecule has 19 heavy (non-hydrogen) atoms. The highest BCUT2D eigenvalue weighted by molar-refractivity contribution is 7.18. The SMILES string of the molecule is CCCNC(=O)CNc1nnc(-c2ccccn2)s1. The molecule has 0 fully saturated rings. The number of carbonyl (C=O) groups is 1. The van der Waals surface area contributed by atoms with Crippen molar-refractivity contribution in [3.8, 4) is 10.7 Å². The fourth-order valence-corrected chi connectivity index (χ4v) is 2.09. The van der Waals surface area contributed by atoms with E-state index in [1.807, 2.05) is 25.1 Å². The average molecular weight is 277 g/mol. The number of carbonyl (C=O) groups excluding carboxylic acids is 1. The molecule has 7 heteroatoms. The van der Waals surface area contributed by atoms with Crippen molar-refractivity contribution in [3.05, 3.63) is 24.4 Å². The lowest BCUT2D eigenvalue weighted by Gasteiger charge is -2.03. The molecule has 0 radical (unpaired) electrons. The quantitative estimate of drug-likeness (QED) is 0.837. The predicted molar refractivity (Wildman–Crippen MR) is 74.9 cm³/mol. The Morgan fingerprint density at radius 2 is 2.26 bits per heavy atom. The Morgan fingerprint density at radius 1 is 1.37 bits per heavy atom. The minimum Gasteiger partial charge on any atom is -0.355 e. The highest BCUT2D eigenvalue weighted by Crippen LogP contribution is 2.23. The molecule has 0 unspecified atom stereocenters. The van der Waals surface area contributed by atoms with Crippen LogP contribution in [0.1, 0.15) is 13.3 Å². The third-order valence-corrected chi connectivity index (χ3v) is 3.18. The van der Waals surface area contributed by atoms with E-state index in [4.69, 9.17) is 0 Å². The second-order valence-corrected chi connectivity index (χ2v) is 4.81. The van der Waals surface area contributed by atoms with Gasteiger partial charge in [0.2, 0.25) is 11.0 Å². The second kappa shape index (κ2) is 6.79. The van der Waals surface area contributed by atoms with Crippen LogP contribution in [0, 0.1) is 0 Å². The number of amides is 1. The molecule has 2 rings (SSSR count). The molecule has 1 amide bonds. The van der Waals surface area contributed by atoms with E-state index in [9.17, 15) is 4.79 Å². The largest absolute Gasteiger partial charge is 0.355 e. The summed E-state index contributed by atoms with van der Waals surface area (Å²) in [6.45, 7) is 2.91. The van der Waals surface area contributed by atoms with Gasteiger partial charge in [0.1, 0.15) is 5.69 Å². The molecule has 2 aromatic rings. The summed E-state index contributed by atoms with van der Waals surface area (Å²) in [7, 11) is 0. The minimum atomic E-state index is -0.0450. The normalized spacial score (nSPS) is 10.2. The lowest BCUT2D eigenvalue weighted by molar-refractivity contribution is -0.119. The maximum atomic E-state index is 11.4. The summed E-state index contributed by atoms with van der Waals surface area (Å²) in [4.78, 5) is 15.6. The van der Waals surface area contributed by atoms with Gasteiger partial charge in [0, 0.05) is 12.7 Å². The molecule has 6 nitrogen and oxygen atoms in total. The molecule has 0 aliphatic rings. The molecule has 0 aliphatic heterocycles. The summed E-state index contributed by atoms with van der Waals surface area (Å²) in [5.41, 5.74) is 0.781. The third kappa shape index (κ3) is 3.99. The van der Waals surface area contributed by atoms with Crippen LogP contribution in [0.3, 0.4) is 0 Å². The van der Waals surface area contributed by atoms with Gasteiger partial charge in [-0.25, -0.2) is 0 Å². The Hall–Kier alpha value is -2.02. The van der Waals surface area contributed by atoms with Crippen LogP contribution in [0.15, 0.2) is 24.4 Å². The van der Waals surface area contributed by atoms with Gasteiger partial charge >= 0.3 is 0 Å². The molecule has 2 N–H and O–H groups in total. The molecule has 2 aromatic heterocycles. The lowest BCUT2D eigenvalue weighted by atomic mass is 10.4. The molecule has 100 valence electrons. The van der Waals surface area contributed by atoms with Crippen LogP contribution in [0.5, 0.6) is 0 Å². The number of nitrogens with one attached hydrogen (secondary N) is 2. The maximum Gasteiger partial charge on any atom is 0.239 e. The summed E-state index contributed by atoms with van der Waals surface area (Å²) in [5, 5.41) is 15.1. The zero-order chi connectivity index (χ0) is 13.5. The summed E-state index contributed by atoms with van der Waals surface area (Å²) >= 11 is 1.38. The van der Waals surface area contributed by atoms with Gasteiger partial charge in [-0.1, -0.05) is 24.3 Å². The number of anilines is 1. The Balaban J connectivity index is 1.90. The third-order valence-electron chi connectivity index (χ3n) is 2.28. The zero-order valence-corrected chi connectivity index (χ0v) is 11.4. The van der Waals surface area contributed by atoms with Crippen molar-refractivity contribution < 1.29 is 4.79 Å². The number of hydrogen-bond donors (Lipinski definition) is 2. The van der Waals surface area contributed by atoms with Crippen LogP contribution in [0.2, 0.25) is 0 Å². The van der Waals surface area contributed by atoms with Gasteiger partial charge < -0.3 is 10.6 Å². The molecule has 0 spiro atoms. The second-order valence-electron chi connectivity index (χ2n) is 3.83. The fourth-order valence-electron chi connectivity index (χ4n) is 1.37. The fraction of sp³-hybridized carbons (Fsp3) is 0.333. The number of pyridine rings is 1.